The number of halogens is 1. The Hall–Kier alpha value is -2.00. The zero-order valence-corrected chi connectivity index (χ0v) is 15.0. The number of thiazole rings is 1. The van der Waals surface area contributed by atoms with Crippen molar-refractivity contribution in [1.82, 2.24) is 10.3 Å². The molecule has 2 aromatic carbocycles. The highest BCUT2D eigenvalue weighted by Crippen LogP contribution is 2.28. The average Bonchev–Trinajstić information content (AvgIpc) is 3.01. The molecule has 0 spiro atoms. The van der Waals surface area contributed by atoms with Crippen molar-refractivity contribution in [3.8, 4) is 11.8 Å². The molecule has 1 amide bonds. The fourth-order valence-electron chi connectivity index (χ4n) is 1.94. The van der Waals surface area contributed by atoms with E-state index < -0.39 is 0 Å². The number of benzene rings is 2. The van der Waals surface area contributed by atoms with Gasteiger partial charge in [-0.25, -0.2) is 4.98 Å². The highest BCUT2D eigenvalue weighted by Gasteiger charge is 2.06. The maximum atomic E-state index is 11.9. The summed E-state index contributed by atoms with van der Waals surface area (Å²) in [5.41, 5.74) is 1.73. The van der Waals surface area contributed by atoms with Crippen LogP contribution in [0.1, 0.15) is 5.56 Å². The molecule has 3 aromatic rings. The molecule has 0 atom stereocenters. The minimum Gasteiger partial charge on any atom is -0.344 e. The van der Waals surface area contributed by atoms with Crippen LogP contribution in [0.15, 0.2) is 52.9 Å². The topological polar surface area (TPSA) is 42.0 Å². The molecule has 0 saturated carbocycles. The minimum atomic E-state index is -0.0623. The second-order valence-electron chi connectivity index (χ2n) is 4.79. The lowest BCUT2D eigenvalue weighted by Crippen LogP contribution is -2.25. The van der Waals surface area contributed by atoms with Crippen LogP contribution in [0.5, 0.6) is 0 Å². The van der Waals surface area contributed by atoms with Gasteiger partial charge in [-0.05, 0) is 24.3 Å². The molecule has 0 aliphatic rings. The number of hydrogen-bond donors (Lipinski definition) is 1. The van der Waals surface area contributed by atoms with Gasteiger partial charge in [0.05, 0.1) is 27.5 Å². The van der Waals surface area contributed by atoms with Crippen molar-refractivity contribution in [1.29, 1.82) is 0 Å². The summed E-state index contributed by atoms with van der Waals surface area (Å²) in [6, 6.07) is 15.3. The van der Waals surface area contributed by atoms with E-state index in [0.717, 1.165) is 20.1 Å². The zero-order valence-electron chi connectivity index (χ0n) is 12.6. The zero-order chi connectivity index (χ0) is 16.8. The largest absolute Gasteiger partial charge is 0.344 e. The van der Waals surface area contributed by atoms with Gasteiger partial charge in [0.2, 0.25) is 5.91 Å². The van der Waals surface area contributed by atoms with Gasteiger partial charge < -0.3 is 5.32 Å². The van der Waals surface area contributed by atoms with E-state index in [0.29, 0.717) is 17.3 Å². The number of amides is 1. The van der Waals surface area contributed by atoms with Gasteiger partial charge in [0.15, 0.2) is 4.34 Å². The molecular formula is C18H13ClN2OS2. The molecule has 0 bridgehead atoms. The van der Waals surface area contributed by atoms with Crippen molar-refractivity contribution >= 4 is 50.8 Å². The smallest absolute Gasteiger partial charge is 0.231 e. The standard InChI is InChI=1S/C18H13ClN2OS2/c19-14-8-2-1-6-13(14)7-5-11-20-17(22)12-23-18-21-15-9-3-4-10-16(15)24-18/h1-4,6,8-10H,11-12H2,(H,20,22). The highest BCUT2D eigenvalue weighted by atomic mass is 35.5. The van der Waals surface area contributed by atoms with Crippen LogP contribution in [-0.4, -0.2) is 23.2 Å². The Morgan fingerprint density at radius 1 is 1.21 bits per heavy atom. The first kappa shape index (κ1) is 16.8. The molecule has 0 saturated heterocycles. The normalized spacial score (nSPS) is 10.2. The Morgan fingerprint density at radius 2 is 2.00 bits per heavy atom. The maximum absolute atomic E-state index is 11.9. The number of carbonyl (C=O) groups excluding carboxylic acids is 1. The molecule has 0 fully saturated rings. The molecule has 0 aliphatic carbocycles. The average molecular weight is 373 g/mol. The van der Waals surface area contributed by atoms with Crippen LogP contribution in [0, 0.1) is 11.8 Å². The summed E-state index contributed by atoms with van der Waals surface area (Å²) in [6.45, 7) is 0.296. The molecule has 120 valence electrons. The molecule has 24 heavy (non-hydrogen) atoms. The summed E-state index contributed by atoms with van der Waals surface area (Å²) in [7, 11) is 0. The van der Waals surface area contributed by atoms with Crippen molar-refractivity contribution in [3.05, 3.63) is 59.1 Å². The summed E-state index contributed by atoms with van der Waals surface area (Å²) in [6.07, 6.45) is 0. The minimum absolute atomic E-state index is 0.0623. The Bertz CT molecular complexity index is 894. The Morgan fingerprint density at radius 3 is 2.83 bits per heavy atom. The summed E-state index contributed by atoms with van der Waals surface area (Å²) < 4.78 is 2.03. The Labute approximate surface area is 153 Å². The molecule has 0 aliphatic heterocycles. The van der Waals surface area contributed by atoms with Gasteiger partial charge in [0, 0.05) is 5.56 Å². The van der Waals surface area contributed by atoms with Crippen LogP contribution >= 0.6 is 34.7 Å². The summed E-state index contributed by atoms with van der Waals surface area (Å²) in [4.78, 5) is 16.4. The third-order valence-corrected chi connectivity index (χ3v) is 5.58. The number of carbonyl (C=O) groups is 1. The van der Waals surface area contributed by atoms with Gasteiger partial charge in [-0.1, -0.05) is 59.5 Å². The first-order valence-electron chi connectivity index (χ1n) is 7.21. The first-order valence-corrected chi connectivity index (χ1v) is 9.39. The van der Waals surface area contributed by atoms with E-state index in [1.54, 1.807) is 17.4 Å². The van der Waals surface area contributed by atoms with Gasteiger partial charge in [-0.2, -0.15) is 0 Å². The maximum Gasteiger partial charge on any atom is 0.231 e. The number of rotatable bonds is 4. The van der Waals surface area contributed by atoms with E-state index in [4.69, 9.17) is 11.6 Å². The number of nitrogens with one attached hydrogen (secondary N) is 1. The van der Waals surface area contributed by atoms with Gasteiger partial charge in [-0.3, -0.25) is 4.79 Å². The summed E-state index contributed by atoms with van der Waals surface area (Å²) in [5.74, 6) is 6.12. The number of nitrogens with zero attached hydrogens (tertiary/aromatic N) is 1. The quantitative estimate of drug-likeness (QED) is 0.551. The lowest BCUT2D eigenvalue weighted by molar-refractivity contribution is -0.118. The van der Waals surface area contributed by atoms with Crippen LogP contribution in [0.2, 0.25) is 5.02 Å². The van der Waals surface area contributed by atoms with Crippen LogP contribution < -0.4 is 5.32 Å². The Kier molecular flexibility index (Phi) is 5.76. The lowest BCUT2D eigenvalue weighted by atomic mass is 10.2. The molecule has 3 rings (SSSR count). The predicted molar refractivity (Wildman–Crippen MR) is 102 cm³/mol. The van der Waals surface area contributed by atoms with Gasteiger partial charge in [0.1, 0.15) is 0 Å². The third-order valence-electron chi connectivity index (χ3n) is 3.07. The van der Waals surface area contributed by atoms with Crippen molar-refractivity contribution in [2.45, 2.75) is 4.34 Å². The Balaban J connectivity index is 1.47. The van der Waals surface area contributed by atoms with E-state index in [1.807, 2.05) is 42.5 Å². The van der Waals surface area contributed by atoms with Crippen molar-refractivity contribution in [3.63, 3.8) is 0 Å². The van der Waals surface area contributed by atoms with Gasteiger partial charge in [-0.15, -0.1) is 11.3 Å². The molecule has 3 nitrogen and oxygen atoms in total. The van der Waals surface area contributed by atoms with Crippen molar-refractivity contribution in [2.24, 2.45) is 0 Å². The van der Waals surface area contributed by atoms with Crippen molar-refractivity contribution in [2.75, 3.05) is 12.3 Å². The highest BCUT2D eigenvalue weighted by molar-refractivity contribution is 8.01. The van der Waals surface area contributed by atoms with Crippen LogP contribution in [0.4, 0.5) is 0 Å². The molecule has 1 N–H and O–H groups in total. The number of hydrogen-bond acceptors (Lipinski definition) is 4. The fourth-order valence-corrected chi connectivity index (χ4v) is 4.02. The fraction of sp³-hybridized carbons (Fsp3) is 0.111. The number of para-hydroxylation sites is 1. The molecule has 1 heterocycles. The van der Waals surface area contributed by atoms with Crippen LogP contribution in [0.3, 0.4) is 0 Å². The van der Waals surface area contributed by atoms with E-state index >= 15 is 0 Å². The summed E-state index contributed by atoms with van der Waals surface area (Å²) in [5, 5.41) is 3.39. The molecular weight excluding hydrogens is 360 g/mol. The molecule has 0 unspecified atom stereocenters. The monoisotopic (exact) mass is 372 g/mol. The van der Waals surface area contributed by atoms with E-state index in [9.17, 15) is 4.79 Å². The van der Waals surface area contributed by atoms with Crippen LogP contribution in [-0.2, 0) is 4.79 Å². The molecule has 1 aromatic heterocycles. The van der Waals surface area contributed by atoms with E-state index in [1.165, 1.54) is 11.8 Å². The second-order valence-corrected chi connectivity index (χ2v) is 7.45. The molecule has 6 heteroatoms. The number of aromatic nitrogens is 1. The van der Waals surface area contributed by atoms with Gasteiger partial charge in [0.25, 0.3) is 0 Å². The lowest BCUT2D eigenvalue weighted by Gasteiger charge is -1.99. The number of thioether (sulfide) groups is 1. The van der Waals surface area contributed by atoms with Crippen molar-refractivity contribution < 1.29 is 4.79 Å². The predicted octanol–water partition coefficient (Wildman–Crippen LogP) is 4.21. The van der Waals surface area contributed by atoms with Crippen LogP contribution in [0.25, 0.3) is 10.2 Å². The summed E-state index contributed by atoms with van der Waals surface area (Å²) >= 11 is 9.05. The van der Waals surface area contributed by atoms with E-state index in [2.05, 4.69) is 22.1 Å². The first-order chi connectivity index (χ1) is 11.7. The van der Waals surface area contributed by atoms with Gasteiger partial charge >= 0.3 is 0 Å². The third kappa shape index (κ3) is 4.51. The molecule has 0 radical (unpaired) electrons. The van der Waals surface area contributed by atoms with E-state index in [-0.39, 0.29) is 5.91 Å². The SMILES string of the molecule is O=C(CSc1nc2ccccc2s1)NCC#Cc1ccccc1Cl. The number of fused-ring (bicyclic) bond motifs is 1. The second kappa shape index (κ2) is 8.20.